The molecule has 0 aromatic heterocycles. The Bertz CT molecular complexity index is 128. The van der Waals surface area contributed by atoms with Gasteiger partial charge in [-0.05, 0) is 0 Å². The van der Waals surface area contributed by atoms with Crippen molar-refractivity contribution in [2.75, 3.05) is 7.05 Å². The van der Waals surface area contributed by atoms with Crippen LogP contribution in [0.4, 0.5) is 0 Å². The van der Waals surface area contributed by atoms with Crippen molar-refractivity contribution in [3.63, 3.8) is 0 Å². The number of carbonyl (C=O) groups excluding carboxylic acids is 1. The van der Waals surface area contributed by atoms with Crippen LogP contribution in [0.15, 0.2) is 12.5 Å². The van der Waals surface area contributed by atoms with Gasteiger partial charge in [-0.15, -0.1) is 0 Å². The van der Waals surface area contributed by atoms with E-state index in [1.807, 2.05) is 0 Å². The molecule has 0 atom stereocenters. The molecule has 5 heteroatoms. The van der Waals surface area contributed by atoms with Crippen LogP contribution in [0.2, 0.25) is 0 Å². The van der Waals surface area contributed by atoms with Crippen LogP contribution in [0.1, 0.15) is 0 Å². The zero-order valence-corrected chi connectivity index (χ0v) is 4.87. The van der Waals surface area contributed by atoms with E-state index < -0.39 is 0 Å². The van der Waals surface area contributed by atoms with Gasteiger partial charge in [0.2, 0.25) is 0 Å². The van der Waals surface area contributed by atoms with Crippen LogP contribution in [-0.2, 0) is 9.63 Å². The summed E-state index contributed by atoms with van der Waals surface area (Å²) in [6, 6.07) is 0. The van der Waals surface area contributed by atoms with Gasteiger partial charge in [0.1, 0.15) is 6.26 Å². The summed E-state index contributed by atoms with van der Waals surface area (Å²) in [7, 11) is 1.51. The molecule has 9 heavy (non-hydrogen) atoms. The first kappa shape index (κ1) is 5.90. The van der Waals surface area contributed by atoms with E-state index in [2.05, 4.69) is 5.43 Å². The van der Waals surface area contributed by atoms with E-state index in [0.717, 1.165) is 10.3 Å². The van der Waals surface area contributed by atoms with Crippen molar-refractivity contribution in [1.82, 2.24) is 15.7 Å². The first-order valence-electron chi connectivity index (χ1n) is 2.34. The van der Waals surface area contributed by atoms with E-state index in [4.69, 9.17) is 4.84 Å². The van der Waals surface area contributed by atoms with Gasteiger partial charge in [-0.2, -0.15) is 0 Å². The quantitative estimate of drug-likeness (QED) is 0.491. The van der Waals surface area contributed by atoms with Crippen molar-refractivity contribution in [1.29, 1.82) is 0 Å². The molecule has 0 unspecified atom stereocenters. The third-order valence-corrected chi connectivity index (χ3v) is 0.818. The highest BCUT2D eigenvalue weighted by atomic mass is 16.8. The molecule has 1 N–H and O–H groups in total. The number of hydrazine groups is 2. The molecule has 1 heterocycles. The van der Waals surface area contributed by atoms with Crippen molar-refractivity contribution < 1.29 is 9.63 Å². The van der Waals surface area contributed by atoms with Crippen molar-refractivity contribution >= 4 is 6.41 Å². The molecule has 1 amide bonds. The third-order valence-electron chi connectivity index (χ3n) is 0.818. The molecule has 1 rings (SSSR count). The molecule has 5 nitrogen and oxygen atoms in total. The van der Waals surface area contributed by atoms with Crippen LogP contribution in [0.25, 0.3) is 0 Å². The van der Waals surface area contributed by atoms with Gasteiger partial charge in [0.05, 0.1) is 6.20 Å². The van der Waals surface area contributed by atoms with Crippen LogP contribution in [0.5, 0.6) is 0 Å². The van der Waals surface area contributed by atoms with Crippen molar-refractivity contribution in [3.05, 3.63) is 12.5 Å². The lowest BCUT2D eigenvalue weighted by atomic mass is 11.0. The summed E-state index contributed by atoms with van der Waals surface area (Å²) in [5.41, 5.74) is 2.60. The molecular weight excluding hydrogens is 122 g/mol. The highest BCUT2D eigenvalue weighted by Crippen LogP contribution is 1.95. The minimum Gasteiger partial charge on any atom is -0.373 e. The summed E-state index contributed by atoms with van der Waals surface area (Å²) in [4.78, 5) is 14.6. The number of hydrogen-bond acceptors (Lipinski definition) is 4. The van der Waals surface area contributed by atoms with Gasteiger partial charge in [0, 0.05) is 12.3 Å². The zero-order valence-electron chi connectivity index (χ0n) is 4.87. The fraction of sp³-hybridized carbons (Fsp3) is 0.250. The van der Waals surface area contributed by atoms with Crippen LogP contribution in [0, 0.1) is 0 Å². The number of nitrogens with one attached hydrogen (secondary N) is 1. The van der Waals surface area contributed by atoms with Crippen LogP contribution < -0.4 is 5.43 Å². The van der Waals surface area contributed by atoms with Crippen LogP contribution in [0.3, 0.4) is 0 Å². The molecule has 1 aliphatic rings. The Morgan fingerprint density at radius 3 is 3.11 bits per heavy atom. The molecule has 0 aromatic carbocycles. The van der Waals surface area contributed by atoms with Gasteiger partial charge in [-0.25, -0.2) is 5.01 Å². The summed E-state index contributed by atoms with van der Waals surface area (Å²) >= 11 is 0. The van der Waals surface area contributed by atoms with Crippen LogP contribution in [-0.4, -0.2) is 23.7 Å². The zero-order chi connectivity index (χ0) is 6.69. The second kappa shape index (κ2) is 2.36. The topological polar surface area (TPSA) is 44.8 Å². The lowest BCUT2D eigenvalue weighted by Gasteiger charge is -2.19. The molecule has 0 saturated carbocycles. The molecule has 0 bridgehead atoms. The van der Waals surface area contributed by atoms with E-state index in [9.17, 15) is 4.79 Å². The summed E-state index contributed by atoms with van der Waals surface area (Å²) in [6.45, 7) is 0. The third kappa shape index (κ3) is 1.11. The first-order valence-corrected chi connectivity index (χ1v) is 2.34. The smallest absolute Gasteiger partial charge is 0.331 e. The second-order valence-corrected chi connectivity index (χ2v) is 1.43. The Kier molecular flexibility index (Phi) is 1.55. The summed E-state index contributed by atoms with van der Waals surface area (Å²) in [6.07, 6.45) is 4.55. The van der Waals surface area contributed by atoms with Crippen LogP contribution >= 0.6 is 0 Å². The van der Waals surface area contributed by atoms with Gasteiger partial charge >= 0.3 is 6.41 Å². The molecular formula is C4H6N3O2. The molecule has 1 aliphatic heterocycles. The van der Waals surface area contributed by atoms with Crippen molar-refractivity contribution in [2.45, 2.75) is 0 Å². The number of hydrogen-bond donors (Lipinski definition) is 1. The Labute approximate surface area is 52.4 Å². The largest absolute Gasteiger partial charge is 0.373 e. The summed E-state index contributed by atoms with van der Waals surface area (Å²) in [5, 5.41) is 2.23. The monoisotopic (exact) mass is 128 g/mol. The van der Waals surface area contributed by atoms with Gasteiger partial charge in [-0.3, -0.25) is 10.2 Å². The maximum atomic E-state index is 9.90. The van der Waals surface area contributed by atoms with Gasteiger partial charge < -0.3 is 4.84 Å². The predicted octanol–water partition coefficient (Wildman–Crippen LogP) is -0.877. The SMILES string of the molecule is CN([C]=O)N1NC=CO1. The highest BCUT2D eigenvalue weighted by Gasteiger charge is 2.10. The minimum absolute atomic E-state index is 1.10. The standard InChI is InChI=1S/C4H6N3O2/c1-6(4-8)7-5-2-3-9-7/h2-3,5H,1H3. The lowest BCUT2D eigenvalue weighted by molar-refractivity contribution is -0.220. The van der Waals surface area contributed by atoms with Crippen molar-refractivity contribution in [3.8, 4) is 0 Å². The van der Waals surface area contributed by atoms with Gasteiger partial charge in [0.15, 0.2) is 0 Å². The summed E-state index contributed by atoms with van der Waals surface area (Å²) < 4.78 is 0. The van der Waals surface area contributed by atoms with E-state index in [0.29, 0.717) is 0 Å². The normalized spacial score (nSPS) is 16.6. The fourth-order valence-electron chi connectivity index (χ4n) is 0.407. The molecule has 0 aromatic rings. The lowest BCUT2D eigenvalue weighted by Crippen LogP contribution is -2.42. The van der Waals surface area contributed by atoms with Gasteiger partial charge in [-0.1, -0.05) is 0 Å². The van der Waals surface area contributed by atoms with E-state index in [1.54, 1.807) is 12.6 Å². The molecule has 0 aliphatic carbocycles. The Morgan fingerprint density at radius 1 is 1.89 bits per heavy atom. The van der Waals surface area contributed by atoms with E-state index in [-0.39, 0.29) is 0 Å². The molecule has 0 saturated heterocycles. The Hall–Kier alpha value is -1.23. The maximum absolute atomic E-state index is 9.90. The predicted molar refractivity (Wildman–Crippen MR) is 28.7 cm³/mol. The highest BCUT2D eigenvalue weighted by molar-refractivity contribution is 5.46. The average molecular weight is 128 g/mol. The number of rotatable bonds is 2. The average Bonchev–Trinajstić information content (AvgIpc) is 2.37. The van der Waals surface area contributed by atoms with E-state index >= 15 is 0 Å². The Morgan fingerprint density at radius 2 is 2.67 bits per heavy atom. The minimum atomic E-state index is 1.10. The Balaban J connectivity index is 2.35. The number of amides is 1. The second-order valence-electron chi connectivity index (χ2n) is 1.43. The van der Waals surface area contributed by atoms with E-state index in [1.165, 1.54) is 13.3 Å². The summed E-state index contributed by atoms with van der Waals surface area (Å²) in [5.74, 6) is 0. The van der Waals surface area contributed by atoms with Crippen molar-refractivity contribution in [2.24, 2.45) is 0 Å². The molecule has 0 spiro atoms. The molecule has 0 fully saturated rings. The maximum Gasteiger partial charge on any atom is 0.331 e. The first-order chi connectivity index (χ1) is 4.34. The number of nitrogens with zero attached hydrogens (tertiary/aromatic N) is 2. The van der Waals surface area contributed by atoms with Gasteiger partial charge in [0.25, 0.3) is 0 Å². The fourth-order valence-corrected chi connectivity index (χ4v) is 0.407. The molecule has 49 valence electrons. The molecule has 1 radical (unpaired) electrons.